The number of fused-ring (bicyclic) bond motifs is 1. The van der Waals surface area contributed by atoms with Gasteiger partial charge in [0.05, 0.1) is 16.6 Å². The molecule has 24 heavy (non-hydrogen) atoms. The second-order valence-electron chi connectivity index (χ2n) is 6.55. The summed E-state index contributed by atoms with van der Waals surface area (Å²) in [6.45, 7) is 7.75. The third-order valence-electron chi connectivity index (χ3n) is 4.60. The Morgan fingerprint density at radius 2 is 1.92 bits per heavy atom. The van der Waals surface area contributed by atoms with Crippen LogP contribution in [0.1, 0.15) is 38.3 Å². The van der Waals surface area contributed by atoms with Gasteiger partial charge in [-0.2, -0.15) is 0 Å². The van der Waals surface area contributed by atoms with Gasteiger partial charge >= 0.3 is 0 Å². The fourth-order valence-corrected chi connectivity index (χ4v) is 2.95. The lowest BCUT2D eigenvalue weighted by Crippen LogP contribution is -2.41. The zero-order chi connectivity index (χ0) is 17.3. The number of H-pyrrole nitrogens is 1. The molecule has 4 nitrogen and oxygen atoms in total. The van der Waals surface area contributed by atoms with Crippen LogP contribution in [0.2, 0.25) is 0 Å². The van der Waals surface area contributed by atoms with Crippen LogP contribution in [-0.4, -0.2) is 15.9 Å². The summed E-state index contributed by atoms with van der Waals surface area (Å²) >= 11 is 0. The van der Waals surface area contributed by atoms with Gasteiger partial charge in [0.2, 0.25) is 5.91 Å². The van der Waals surface area contributed by atoms with Gasteiger partial charge in [0.1, 0.15) is 5.82 Å². The van der Waals surface area contributed by atoms with Crippen LogP contribution in [0.4, 0.5) is 0 Å². The van der Waals surface area contributed by atoms with Crippen LogP contribution in [-0.2, 0) is 10.3 Å². The Morgan fingerprint density at radius 1 is 1.21 bits per heavy atom. The highest BCUT2D eigenvalue weighted by Gasteiger charge is 2.25. The molecule has 3 rings (SSSR count). The number of aryl methyl sites for hydroxylation is 1. The summed E-state index contributed by atoms with van der Waals surface area (Å²) in [6, 6.07) is 14.4. The standard InChI is InChI=1S/C20H23N3O/c1-5-20(4,23-14(3)24)16-10-11-17-18(12-16)22-19(21-17)15-8-6-13(2)7-9-15/h6-12H,5H2,1-4H3,(H,21,22)(H,23,24). The van der Waals surface area contributed by atoms with Gasteiger partial charge in [-0.3, -0.25) is 4.79 Å². The molecule has 2 aromatic carbocycles. The van der Waals surface area contributed by atoms with Crippen LogP contribution in [0.3, 0.4) is 0 Å². The highest BCUT2D eigenvalue weighted by molar-refractivity contribution is 5.81. The van der Waals surface area contributed by atoms with Gasteiger partial charge in [0, 0.05) is 12.5 Å². The number of hydrogen-bond acceptors (Lipinski definition) is 2. The van der Waals surface area contributed by atoms with Crippen molar-refractivity contribution in [2.24, 2.45) is 0 Å². The Balaban J connectivity index is 2.02. The number of amides is 1. The van der Waals surface area contributed by atoms with E-state index in [4.69, 9.17) is 0 Å². The molecule has 1 aromatic heterocycles. The van der Waals surface area contributed by atoms with Crippen molar-refractivity contribution in [2.75, 3.05) is 0 Å². The van der Waals surface area contributed by atoms with E-state index in [2.05, 4.69) is 59.5 Å². The number of nitrogens with zero attached hydrogens (tertiary/aromatic N) is 1. The van der Waals surface area contributed by atoms with E-state index >= 15 is 0 Å². The molecule has 1 atom stereocenters. The number of nitrogens with one attached hydrogen (secondary N) is 2. The van der Waals surface area contributed by atoms with Crippen molar-refractivity contribution < 1.29 is 4.79 Å². The van der Waals surface area contributed by atoms with Gasteiger partial charge in [0.25, 0.3) is 0 Å². The Bertz CT molecular complexity index is 880. The Kier molecular flexibility index (Phi) is 4.14. The smallest absolute Gasteiger partial charge is 0.217 e. The van der Waals surface area contributed by atoms with Gasteiger partial charge in [0.15, 0.2) is 0 Å². The summed E-state index contributed by atoms with van der Waals surface area (Å²) in [6.07, 6.45) is 0.817. The number of aromatic amines is 1. The molecule has 2 N–H and O–H groups in total. The fourth-order valence-electron chi connectivity index (χ4n) is 2.95. The van der Waals surface area contributed by atoms with Crippen molar-refractivity contribution >= 4 is 16.9 Å². The molecule has 0 aliphatic rings. The molecule has 0 saturated carbocycles. The average molecular weight is 321 g/mol. The van der Waals surface area contributed by atoms with Crippen LogP contribution < -0.4 is 5.32 Å². The van der Waals surface area contributed by atoms with Crippen molar-refractivity contribution in [1.82, 2.24) is 15.3 Å². The first-order valence-electron chi connectivity index (χ1n) is 8.27. The minimum atomic E-state index is -0.380. The molecule has 0 aliphatic carbocycles. The van der Waals surface area contributed by atoms with Crippen molar-refractivity contribution in [1.29, 1.82) is 0 Å². The SMILES string of the molecule is CCC(C)(NC(C)=O)c1ccc2nc(-c3ccc(C)cc3)[nH]c2c1. The van der Waals surface area contributed by atoms with Crippen LogP contribution in [0.15, 0.2) is 42.5 Å². The van der Waals surface area contributed by atoms with E-state index in [0.717, 1.165) is 34.4 Å². The lowest BCUT2D eigenvalue weighted by atomic mass is 9.89. The monoisotopic (exact) mass is 321 g/mol. The number of benzene rings is 2. The van der Waals surface area contributed by atoms with Crippen LogP contribution >= 0.6 is 0 Å². The highest BCUT2D eigenvalue weighted by Crippen LogP contribution is 2.28. The molecule has 0 radical (unpaired) electrons. The third-order valence-corrected chi connectivity index (χ3v) is 4.60. The van der Waals surface area contributed by atoms with Gasteiger partial charge in [-0.15, -0.1) is 0 Å². The first-order valence-corrected chi connectivity index (χ1v) is 8.27. The van der Waals surface area contributed by atoms with E-state index in [1.807, 2.05) is 19.1 Å². The second kappa shape index (κ2) is 6.11. The quantitative estimate of drug-likeness (QED) is 0.752. The number of aromatic nitrogens is 2. The minimum absolute atomic E-state index is 0.0237. The van der Waals surface area contributed by atoms with Crippen LogP contribution in [0, 0.1) is 6.92 Å². The van der Waals surface area contributed by atoms with Crippen LogP contribution in [0.25, 0.3) is 22.4 Å². The Morgan fingerprint density at radius 3 is 2.54 bits per heavy atom. The molecule has 1 heterocycles. The van der Waals surface area contributed by atoms with E-state index in [1.54, 1.807) is 6.92 Å². The summed E-state index contributed by atoms with van der Waals surface area (Å²) in [4.78, 5) is 19.6. The number of hydrogen-bond donors (Lipinski definition) is 2. The first kappa shape index (κ1) is 16.2. The Hall–Kier alpha value is -2.62. The maximum absolute atomic E-state index is 11.5. The van der Waals surface area contributed by atoms with E-state index in [1.165, 1.54) is 5.56 Å². The van der Waals surface area contributed by atoms with Gasteiger partial charge < -0.3 is 10.3 Å². The molecule has 3 aromatic rings. The molecule has 4 heteroatoms. The molecule has 0 aliphatic heterocycles. The maximum Gasteiger partial charge on any atom is 0.217 e. The lowest BCUT2D eigenvalue weighted by molar-refractivity contribution is -0.120. The average Bonchev–Trinajstić information content (AvgIpc) is 2.97. The zero-order valence-corrected chi connectivity index (χ0v) is 14.6. The number of imidazole rings is 1. The fraction of sp³-hybridized carbons (Fsp3) is 0.300. The van der Waals surface area contributed by atoms with E-state index in [0.29, 0.717) is 0 Å². The molecular formula is C20H23N3O. The van der Waals surface area contributed by atoms with E-state index < -0.39 is 0 Å². The zero-order valence-electron chi connectivity index (χ0n) is 14.6. The molecule has 1 unspecified atom stereocenters. The molecule has 0 spiro atoms. The molecule has 0 bridgehead atoms. The van der Waals surface area contributed by atoms with Crippen LogP contribution in [0.5, 0.6) is 0 Å². The molecule has 124 valence electrons. The first-order chi connectivity index (χ1) is 11.4. The summed E-state index contributed by atoms with van der Waals surface area (Å²) in [5.74, 6) is 0.837. The normalized spacial score (nSPS) is 13.7. The predicted octanol–water partition coefficient (Wildman–Crippen LogP) is 4.30. The highest BCUT2D eigenvalue weighted by atomic mass is 16.1. The van der Waals surface area contributed by atoms with Crippen molar-refractivity contribution in [3.8, 4) is 11.4 Å². The van der Waals surface area contributed by atoms with Crippen molar-refractivity contribution in [2.45, 2.75) is 39.7 Å². The van der Waals surface area contributed by atoms with Gasteiger partial charge in [-0.1, -0.05) is 42.8 Å². The van der Waals surface area contributed by atoms with E-state index in [-0.39, 0.29) is 11.4 Å². The summed E-state index contributed by atoms with van der Waals surface area (Å²) in [7, 11) is 0. The number of carbonyl (C=O) groups excluding carboxylic acids is 1. The summed E-state index contributed by atoms with van der Waals surface area (Å²) in [5, 5.41) is 3.06. The largest absolute Gasteiger partial charge is 0.347 e. The maximum atomic E-state index is 11.5. The molecule has 1 amide bonds. The number of rotatable bonds is 4. The third kappa shape index (κ3) is 3.04. The summed E-state index contributed by atoms with van der Waals surface area (Å²) in [5.41, 5.74) is 4.90. The lowest BCUT2D eigenvalue weighted by Gasteiger charge is -2.29. The minimum Gasteiger partial charge on any atom is -0.347 e. The molecule has 0 fully saturated rings. The van der Waals surface area contributed by atoms with Gasteiger partial charge in [-0.25, -0.2) is 4.98 Å². The number of carbonyl (C=O) groups is 1. The predicted molar refractivity (Wildman–Crippen MR) is 97.7 cm³/mol. The van der Waals surface area contributed by atoms with Gasteiger partial charge in [-0.05, 0) is 38.0 Å². The second-order valence-corrected chi connectivity index (χ2v) is 6.55. The summed E-state index contributed by atoms with van der Waals surface area (Å²) < 4.78 is 0. The molecular weight excluding hydrogens is 298 g/mol. The van der Waals surface area contributed by atoms with Crippen molar-refractivity contribution in [3.05, 3.63) is 53.6 Å². The van der Waals surface area contributed by atoms with Crippen molar-refractivity contribution in [3.63, 3.8) is 0 Å². The molecule has 0 saturated heterocycles. The van der Waals surface area contributed by atoms with E-state index in [9.17, 15) is 4.79 Å². The Labute approximate surface area is 142 Å². The topological polar surface area (TPSA) is 57.8 Å².